The molecule has 182 valence electrons. The zero-order chi connectivity index (χ0) is 23.4. The van der Waals surface area contributed by atoms with Gasteiger partial charge in [-0.25, -0.2) is 9.37 Å². The van der Waals surface area contributed by atoms with Crippen LogP contribution in [0.1, 0.15) is 46.1 Å². The third kappa shape index (κ3) is 3.75. The molecule has 1 fully saturated rings. The van der Waals surface area contributed by atoms with Crippen LogP contribution in [0.4, 0.5) is 4.39 Å². The summed E-state index contributed by atoms with van der Waals surface area (Å²) < 4.78 is 27.2. The van der Waals surface area contributed by atoms with Gasteiger partial charge in [0.1, 0.15) is 22.9 Å². The first kappa shape index (κ1) is 23.3. The van der Waals surface area contributed by atoms with E-state index in [4.69, 9.17) is 9.47 Å². The Balaban J connectivity index is 0.00000253. The van der Waals surface area contributed by atoms with Crippen LogP contribution >= 0.6 is 12.4 Å². The van der Waals surface area contributed by atoms with Crippen molar-refractivity contribution in [1.29, 1.82) is 0 Å². The number of nitrogens with one attached hydrogen (secondary N) is 1. The lowest BCUT2D eigenvalue weighted by Crippen LogP contribution is -2.26. The monoisotopic (exact) mass is 498 g/mol. The molecular weight excluding hydrogens is 475 g/mol. The molecule has 0 aliphatic carbocycles. The lowest BCUT2D eigenvalue weighted by Gasteiger charge is -2.22. The summed E-state index contributed by atoms with van der Waals surface area (Å²) in [6.07, 6.45) is 3.24. The number of rotatable bonds is 3. The quantitative estimate of drug-likeness (QED) is 0.464. The molecule has 4 heterocycles. The van der Waals surface area contributed by atoms with Crippen LogP contribution in [0.5, 0.6) is 5.75 Å². The van der Waals surface area contributed by atoms with E-state index in [-0.39, 0.29) is 42.2 Å². The van der Waals surface area contributed by atoms with Gasteiger partial charge in [-0.2, -0.15) is 0 Å². The Morgan fingerprint density at radius 2 is 2.00 bits per heavy atom. The third-order valence-corrected chi connectivity index (χ3v) is 6.86. The molecule has 0 spiro atoms. The summed E-state index contributed by atoms with van der Waals surface area (Å²) in [6, 6.07) is 8.29. The number of amides is 1. The Morgan fingerprint density at radius 3 is 2.74 bits per heavy atom. The molecule has 0 unspecified atom stereocenters. The van der Waals surface area contributed by atoms with Gasteiger partial charge in [0.05, 0.1) is 29.9 Å². The fourth-order valence-electron chi connectivity index (χ4n) is 5.09. The van der Waals surface area contributed by atoms with E-state index in [1.54, 1.807) is 29.3 Å². The molecule has 1 amide bonds. The molecule has 0 atom stereocenters. The van der Waals surface area contributed by atoms with Crippen LogP contribution in [0.3, 0.4) is 0 Å². The van der Waals surface area contributed by atoms with Crippen molar-refractivity contribution in [2.24, 2.45) is 0 Å². The molecular formula is C25H24ClFN4O4. The minimum Gasteiger partial charge on any atom is -0.496 e. The lowest BCUT2D eigenvalue weighted by atomic mass is 9.99. The average molecular weight is 499 g/mol. The second-order valence-electron chi connectivity index (χ2n) is 8.79. The molecule has 1 N–H and O–H groups in total. The predicted octanol–water partition coefficient (Wildman–Crippen LogP) is 3.80. The van der Waals surface area contributed by atoms with Gasteiger partial charge in [0.15, 0.2) is 0 Å². The van der Waals surface area contributed by atoms with E-state index in [0.29, 0.717) is 53.2 Å². The van der Waals surface area contributed by atoms with Gasteiger partial charge >= 0.3 is 0 Å². The first-order valence-corrected chi connectivity index (χ1v) is 11.3. The minimum absolute atomic E-state index is 0. The Kier molecular flexibility index (Phi) is 5.98. The highest BCUT2D eigenvalue weighted by Crippen LogP contribution is 2.33. The van der Waals surface area contributed by atoms with Crippen LogP contribution < -0.4 is 10.3 Å². The summed E-state index contributed by atoms with van der Waals surface area (Å²) >= 11 is 0. The Labute approximate surface area is 206 Å². The number of carbonyl (C=O) groups is 1. The Morgan fingerprint density at radius 1 is 1.20 bits per heavy atom. The van der Waals surface area contributed by atoms with Crippen LogP contribution in [0.15, 0.2) is 41.3 Å². The number of methoxy groups -OCH3 is 1. The smallest absolute Gasteiger partial charge is 0.274 e. The Bertz CT molecular complexity index is 1510. The van der Waals surface area contributed by atoms with Crippen molar-refractivity contribution < 1.29 is 18.7 Å². The maximum atomic E-state index is 14.2. The molecule has 0 radical (unpaired) electrons. The molecule has 6 rings (SSSR count). The van der Waals surface area contributed by atoms with Crippen LogP contribution in [0, 0.1) is 5.82 Å². The highest BCUT2D eigenvalue weighted by atomic mass is 35.5. The maximum Gasteiger partial charge on any atom is 0.274 e. The van der Waals surface area contributed by atoms with E-state index in [2.05, 4.69) is 9.97 Å². The van der Waals surface area contributed by atoms with Gasteiger partial charge in [-0.1, -0.05) is 12.1 Å². The summed E-state index contributed by atoms with van der Waals surface area (Å²) in [6.45, 7) is 1.81. The number of ether oxygens (including phenoxy) is 2. The van der Waals surface area contributed by atoms with Crippen molar-refractivity contribution in [3.8, 4) is 5.75 Å². The van der Waals surface area contributed by atoms with Gasteiger partial charge in [0.2, 0.25) is 0 Å². The molecule has 1 saturated heterocycles. The van der Waals surface area contributed by atoms with Crippen LogP contribution in [-0.4, -0.2) is 45.5 Å². The van der Waals surface area contributed by atoms with E-state index in [0.717, 1.165) is 24.2 Å². The first-order valence-electron chi connectivity index (χ1n) is 11.3. The molecule has 2 aliphatic heterocycles. The molecule has 0 saturated carbocycles. The third-order valence-electron chi connectivity index (χ3n) is 6.86. The number of nitrogens with zero attached hydrogens (tertiary/aromatic N) is 3. The van der Waals surface area contributed by atoms with Crippen LogP contribution in [0.25, 0.3) is 16.6 Å². The van der Waals surface area contributed by atoms with Crippen molar-refractivity contribution >= 4 is 34.9 Å². The SMILES string of the molecule is COc1cc2c(cc1C(=O)N1Cc3cccc(F)c3C1)[nH]c(=O)c1cnc(C3CCOCC3)n12.Cl. The van der Waals surface area contributed by atoms with Crippen molar-refractivity contribution in [3.63, 3.8) is 0 Å². The number of benzene rings is 2. The molecule has 35 heavy (non-hydrogen) atoms. The second-order valence-corrected chi connectivity index (χ2v) is 8.79. The van der Waals surface area contributed by atoms with Crippen molar-refractivity contribution in [2.45, 2.75) is 31.8 Å². The normalized spacial score (nSPS) is 15.9. The minimum atomic E-state index is -0.314. The van der Waals surface area contributed by atoms with Gasteiger partial charge in [0.25, 0.3) is 11.5 Å². The van der Waals surface area contributed by atoms with Gasteiger partial charge in [0, 0.05) is 43.9 Å². The van der Waals surface area contributed by atoms with E-state index in [9.17, 15) is 14.0 Å². The van der Waals surface area contributed by atoms with Crippen molar-refractivity contribution in [1.82, 2.24) is 19.3 Å². The largest absolute Gasteiger partial charge is 0.496 e. The fourth-order valence-corrected chi connectivity index (χ4v) is 5.09. The van der Waals surface area contributed by atoms with Gasteiger partial charge < -0.3 is 19.4 Å². The summed E-state index contributed by atoms with van der Waals surface area (Å²) in [4.78, 5) is 35.4. The number of hydrogen-bond donors (Lipinski definition) is 1. The number of imidazole rings is 1. The van der Waals surface area contributed by atoms with E-state index in [1.807, 2.05) is 10.5 Å². The molecule has 8 nitrogen and oxygen atoms in total. The zero-order valence-electron chi connectivity index (χ0n) is 19.0. The number of hydrogen-bond acceptors (Lipinski definition) is 5. The molecule has 10 heteroatoms. The van der Waals surface area contributed by atoms with Gasteiger partial charge in [-0.05, 0) is 30.5 Å². The zero-order valence-corrected chi connectivity index (χ0v) is 19.9. The average Bonchev–Trinajstić information content (AvgIpc) is 3.50. The molecule has 2 aromatic carbocycles. The maximum absolute atomic E-state index is 14.2. The molecule has 0 bridgehead atoms. The molecule has 2 aliphatic rings. The van der Waals surface area contributed by atoms with Gasteiger partial charge in [-0.3, -0.25) is 14.0 Å². The Hall–Kier alpha value is -3.43. The predicted molar refractivity (Wildman–Crippen MR) is 130 cm³/mol. The van der Waals surface area contributed by atoms with E-state index >= 15 is 0 Å². The van der Waals surface area contributed by atoms with Crippen molar-refractivity contribution in [3.05, 3.63) is 75.2 Å². The highest BCUT2D eigenvalue weighted by molar-refractivity contribution is 6.01. The summed E-state index contributed by atoms with van der Waals surface area (Å²) in [7, 11) is 1.51. The number of halogens is 2. The number of carbonyl (C=O) groups excluding carboxylic acids is 1. The number of fused-ring (bicyclic) bond motifs is 4. The lowest BCUT2D eigenvalue weighted by molar-refractivity contribution is 0.0747. The van der Waals surface area contributed by atoms with Crippen molar-refractivity contribution in [2.75, 3.05) is 20.3 Å². The van der Waals surface area contributed by atoms with E-state index in [1.165, 1.54) is 13.2 Å². The van der Waals surface area contributed by atoms with Crippen LogP contribution in [0.2, 0.25) is 0 Å². The topological polar surface area (TPSA) is 88.9 Å². The molecule has 4 aromatic rings. The fraction of sp³-hybridized carbons (Fsp3) is 0.320. The summed E-state index contributed by atoms with van der Waals surface area (Å²) in [5.74, 6) is 0.762. The standard InChI is InChI=1S/C25H23FN4O4.ClH/c1-33-22-10-20-19(9-16(22)25(32)29-12-15-3-2-4-18(26)17(15)13-29)28-24(31)21-11-27-23(30(20)21)14-5-7-34-8-6-14;/h2-4,9-11,14H,5-8,12-13H2,1H3,(H,28,31);1H. The number of H-pyrrole nitrogens is 1. The van der Waals surface area contributed by atoms with E-state index < -0.39 is 0 Å². The van der Waals surface area contributed by atoms with Crippen LogP contribution in [-0.2, 0) is 17.8 Å². The highest BCUT2D eigenvalue weighted by Gasteiger charge is 2.29. The summed E-state index contributed by atoms with van der Waals surface area (Å²) in [5, 5.41) is 0. The first-order chi connectivity index (χ1) is 16.5. The molecule has 2 aromatic heterocycles. The number of aromatic amines is 1. The summed E-state index contributed by atoms with van der Waals surface area (Å²) in [5.41, 5.74) is 3.02. The number of aromatic nitrogens is 3. The second kappa shape index (κ2) is 8.98. The van der Waals surface area contributed by atoms with Gasteiger partial charge in [-0.15, -0.1) is 12.4 Å².